The Kier molecular flexibility index (Phi) is 10.1. The van der Waals surface area contributed by atoms with E-state index >= 15 is 0 Å². The first-order chi connectivity index (χ1) is 16.9. The van der Waals surface area contributed by atoms with Gasteiger partial charge in [0, 0.05) is 5.56 Å². The normalized spacial score (nSPS) is 14.9. The summed E-state index contributed by atoms with van der Waals surface area (Å²) in [5.74, 6) is -4.14. The molecule has 0 saturated heterocycles. The van der Waals surface area contributed by atoms with E-state index in [9.17, 15) is 23.9 Å². The molecular weight excluding hydrogens is 465 g/mol. The van der Waals surface area contributed by atoms with Crippen molar-refractivity contribution in [3.05, 3.63) is 71.5 Å². The molecule has 3 amide bonds. The number of hydrogen-bond donors (Lipinski definition) is 5. The standard InChI is InChI=1S/C27H36FN3O5/c1-16(2)15-19(22(32)25(34)31-36)24(33)30-23(27(3,4)5)26(35)29-21(17-11-7-6-8-12-17)18-13-9-10-14-20(18)28/h6-14,16,19,21-23,32,36H,15H2,1-5H3,(H,29,35)(H,30,33)(H,31,34)/t19-,21?,22+,23-/m1/s1. The highest BCUT2D eigenvalue weighted by Gasteiger charge is 2.39. The van der Waals surface area contributed by atoms with Crippen LogP contribution in [0.1, 0.15) is 58.2 Å². The van der Waals surface area contributed by atoms with Crippen LogP contribution in [0, 0.1) is 23.1 Å². The van der Waals surface area contributed by atoms with Crippen molar-refractivity contribution in [2.24, 2.45) is 17.3 Å². The third-order valence-corrected chi connectivity index (χ3v) is 5.87. The van der Waals surface area contributed by atoms with E-state index in [0.717, 1.165) is 0 Å². The molecule has 36 heavy (non-hydrogen) atoms. The van der Waals surface area contributed by atoms with E-state index in [4.69, 9.17) is 5.21 Å². The smallest absolute Gasteiger partial charge is 0.272 e. The summed E-state index contributed by atoms with van der Waals surface area (Å²) in [5, 5.41) is 24.8. The van der Waals surface area contributed by atoms with Gasteiger partial charge in [0.25, 0.3) is 5.91 Å². The van der Waals surface area contributed by atoms with Crippen molar-refractivity contribution >= 4 is 17.7 Å². The van der Waals surface area contributed by atoms with Gasteiger partial charge in [0.15, 0.2) is 0 Å². The fraction of sp³-hybridized carbons (Fsp3) is 0.444. The monoisotopic (exact) mass is 501 g/mol. The van der Waals surface area contributed by atoms with Gasteiger partial charge in [-0.2, -0.15) is 0 Å². The van der Waals surface area contributed by atoms with Gasteiger partial charge >= 0.3 is 0 Å². The molecule has 1 unspecified atom stereocenters. The minimum absolute atomic E-state index is 0.0627. The second-order valence-electron chi connectivity index (χ2n) is 10.3. The van der Waals surface area contributed by atoms with Gasteiger partial charge in [-0.05, 0) is 29.4 Å². The maximum Gasteiger partial charge on any atom is 0.272 e. The second-order valence-corrected chi connectivity index (χ2v) is 10.3. The van der Waals surface area contributed by atoms with Crippen LogP contribution in [0.25, 0.3) is 0 Å². The summed E-state index contributed by atoms with van der Waals surface area (Å²) < 4.78 is 14.7. The molecule has 5 N–H and O–H groups in total. The number of halogens is 1. The molecule has 196 valence electrons. The zero-order chi connectivity index (χ0) is 27.0. The van der Waals surface area contributed by atoms with Gasteiger partial charge in [0.05, 0.1) is 12.0 Å². The van der Waals surface area contributed by atoms with Crippen LogP contribution in [0.15, 0.2) is 54.6 Å². The Bertz CT molecular complexity index is 1040. The minimum Gasteiger partial charge on any atom is -0.382 e. The number of aliphatic hydroxyl groups is 1. The average Bonchev–Trinajstić information content (AvgIpc) is 2.83. The number of aliphatic hydroxyl groups excluding tert-OH is 1. The van der Waals surface area contributed by atoms with Crippen molar-refractivity contribution in [1.29, 1.82) is 0 Å². The maximum absolute atomic E-state index is 14.7. The van der Waals surface area contributed by atoms with Gasteiger partial charge < -0.3 is 15.7 Å². The van der Waals surface area contributed by atoms with Gasteiger partial charge in [-0.1, -0.05) is 83.1 Å². The molecule has 0 aliphatic carbocycles. The summed E-state index contributed by atoms with van der Waals surface area (Å²) >= 11 is 0. The molecule has 2 aromatic rings. The molecule has 0 aromatic heterocycles. The van der Waals surface area contributed by atoms with Gasteiger partial charge in [-0.15, -0.1) is 0 Å². The molecule has 2 aromatic carbocycles. The highest BCUT2D eigenvalue weighted by molar-refractivity contribution is 5.92. The molecule has 2 rings (SSSR count). The van der Waals surface area contributed by atoms with E-state index in [1.807, 2.05) is 19.9 Å². The molecule has 4 atom stereocenters. The number of carbonyl (C=O) groups is 3. The molecular formula is C27H36FN3O5. The van der Waals surface area contributed by atoms with E-state index < -0.39 is 53.1 Å². The van der Waals surface area contributed by atoms with Crippen LogP contribution < -0.4 is 16.1 Å². The molecule has 8 nitrogen and oxygen atoms in total. The number of hydroxylamine groups is 1. The van der Waals surface area contributed by atoms with E-state index in [1.54, 1.807) is 63.2 Å². The molecule has 0 saturated carbocycles. The summed E-state index contributed by atoms with van der Waals surface area (Å²) in [6.45, 7) is 8.90. The Balaban J connectivity index is 2.38. The Labute approximate surface area is 211 Å². The lowest BCUT2D eigenvalue weighted by Gasteiger charge is -2.34. The predicted octanol–water partition coefficient (Wildman–Crippen LogP) is 3.09. The maximum atomic E-state index is 14.7. The topological polar surface area (TPSA) is 128 Å². The first-order valence-electron chi connectivity index (χ1n) is 11.9. The Morgan fingerprint density at radius 2 is 1.47 bits per heavy atom. The summed E-state index contributed by atoms with van der Waals surface area (Å²) in [7, 11) is 0. The van der Waals surface area contributed by atoms with Gasteiger partial charge in [-0.25, -0.2) is 9.87 Å². The van der Waals surface area contributed by atoms with Crippen molar-refractivity contribution in [2.75, 3.05) is 0 Å². The van der Waals surface area contributed by atoms with Crippen molar-refractivity contribution in [1.82, 2.24) is 16.1 Å². The molecule has 0 aliphatic rings. The molecule has 0 bridgehead atoms. The third kappa shape index (κ3) is 7.60. The first kappa shape index (κ1) is 28.9. The fourth-order valence-electron chi connectivity index (χ4n) is 3.98. The third-order valence-electron chi connectivity index (χ3n) is 5.87. The van der Waals surface area contributed by atoms with E-state index in [2.05, 4.69) is 10.6 Å². The Morgan fingerprint density at radius 3 is 2.00 bits per heavy atom. The number of benzene rings is 2. The molecule has 0 spiro atoms. The minimum atomic E-state index is -1.81. The largest absolute Gasteiger partial charge is 0.382 e. The highest BCUT2D eigenvalue weighted by Crippen LogP contribution is 2.27. The zero-order valence-electron chi connectivity index (χ0n) is 21.3. The number of hydrogen-bond acceptors (Lipinski definition) is 5. The average molecular weight is 502 g/mol. The first-order valence-corrected chi connectivity index (χ1v) is 11.9. The van der Waals surface area contributed by atoms with Gasteiger partial charge in [-0.3, -0.25) is 19.6 Å². The summed E-state index contributed by atoms with van der Waals surface area (Å²) in [6.07, 6.45) is -1.67. The van der Waals surface area contributed by atoms with Crippen molar-refractivity contribution in [3.8, 4) is 0 Å². The van der Waals surface area contributed by atoms with Crippen molar-refractivity contribution < 1.29 is 29.1 Å². The lowest BCUT2D eigenvalue weighted by atomic mass is 9.84. The molecule has 0 radical (unpaired) electrons. The SMILES string of the molecule is CC(C)C[C@@H](C(=O)N[C@H](C(=O)NC(c1ccccc1)c1ccccc1F)C(C)(C)C)[C@H](O)C(=O)NO. The lowest BCUT2D eigenvalue weighted by Crippen LogP contribution is -2.57. The van der Waals surface area contributed by atoms with Crippen LogP contribution in [-0.4, -0.2) is 40.2 Å². The van der Waals surface area contributed by atoms with Crippen LogP contribution in [0.5, 0.6) is 0 Å². The van der Waals surface area contributed by atoms with Gasteiger partial charge in [0.1, 0.15) is 18.0 Å². The number of carbonyl (C=O) groups excluding carboxylic acids is 3. The van der Waals surface area contributed by atoms with E-state index in [1.165, 1.54) is 11.5 Å². The van der Waals surface area contributed by atoms with Crippen LogP contribution in [-0.2, 0) is 14.4 Å². The predicted molar refractivity (Wildman–Crippen MR) is 133 cm³/mol. The van der Waals surface area contributed by atoms with Gasteiger partial charge in [0.2, 0.25) is 11.8 Å². The second kappa shape index (κ2) is 12.6. The fourth-order valence-corrected chi connectivity index (χ4v) is 3.98. The van der Waals surface area contributed by atoms with Crippen LogP contribution in [0.2, 0.25) is 0 Å². The summed E-state index contributed by atoms with van der Waals surface area (Å²) in [4.78, 5) is 38.6. The molecule has 0 aliphatic heterocycles. The van der Waals surface area contributed by atoms with Crippen molar-refractivity contribution in [3.63, 3.8) is 0 Å². The number of rotatable bonds is 10. The van der Waals surface area contributed by atoms with E-state index in [-0.39, 0.29) is 17.9 Å². The number of nitrogens with one attached hydrogen (secondary N) is 3. The van der Waals surface area contributed by atoms with Crippen LogP contribution in [0.4, 0.5) is 4.39 Å². The van der Waals surface area contributed by atoms with Crippen LogP contribution in [0.3, 0.4) is 0 Å². The Hall–Kier alpha value is -3.30. The summed E-state index contributed by atoms with van der Waals surface area (Å²) in [6, 6.07) is 13.1. The Morgan fingerprint density at radius 1 is 0.889 bits per heavy atom. The summed E-state index contributed by atoms with van der Waals surface area (Å²) in [5.41, 5.74) is 1.51. The lowest BCUT2D eigenvalue weighted by molar-refractivity contribution is -0.147. The van der Waals surface area contributed by atoms with E-state index in [0.29, 0.717) is 5.56 Å². The van der Waals surface area contributed by atoms with Crippen molar-refractivity contribution in [2.45, 2.75) is 59.2 Å². The molecule has 9 heteroatoms. The molecule has 0 heterocycles. The van der Waals surface area contributed by atoms with Crippen LogP contribution >= 0.6 is 0 Å². The highest BCUT2D eigenvalue weighted by atomic mass is 19.1. The number of amides is 3. The molecule has 0 fully saturated rings. The zero-order valence-corrected chi connectivity index (χ0v) is 21.3. The quantitative estimate of drug-likeness (QED) is 0.253.